The summed E-state index contributed by atoms with van der Waals surface area (Å²) in [5.74, 6) is 0. The monoisotopic (exact) mass is 408 g/mol. The maximum Gasteiger partial charge on any atom is 0.257 e. The van der Waals surface area contributed by atoms with Crippen LogP contribution >= 0.6 is 12.6 Å². The van der Waals surface area contributed by atoms with E-state index in [1.807, 2.05) is 12.1 Å². The van der Waals surface area contributed by atoms with Gasteiger partial charge in [0.1, 0.15) is 0 Å². The summed E-state index contributed by atoms with van der Waals surface area (Å²) < 4.78 is 0. The van der Waals surface area contributed by atoms with Gasteiger partial charge in [-0.05, 0) is 60.6 Å². The van der Waals surface area contributed by atoms with E-state index < -0.39 is 0 Å². The van der Waals surface area contributed by atoms with Gasteiger partial charge in [0.2, 0.25) is 0 Å². The van der Waals surface area contributed by atoms with E-state index in [0.29, 0.717) is 0 Å². The van der Waals surface area contributed by atoms with Crippen molar-refractivity contribution in [1.29, 1.82) is 0 Å². The number of pyridine rings is 1. The molecular formula is C23H28N4OS. The summed E-state index contributed by atoms with van der Waals surface area (Å²) in [5, 5.41) is 4.56. The molecule has 1 aliphatic carbocycles. The Morgan fingerprint density at radius 3 is 2.72 bits per heavy atom. The number of hydrogen-bond acceptors (Lipinski definition) is 4. The first-order valence-corrected chi connectivity index (χ1v) is 11.1. The number of H-pyrrole nitrogens is 2. The van der Waals surface area contributed by atoms with Crippen molar-refractivity contribution in [2.24, 2.45) is 0 Å². The highest BCUT2D eigenvalue weighted by molar-refractivity contribution is 7.79. The van der Waals surface area contributed by atoms with Gasteiger partial charge in [-0.15, -0.1) is 0 Å². The fourth-order valence-corrected chi connectivity index (χ4v) is 4.14. The third-order valence-electron chi connectivity index (χ3n) is 5.61. The predicted molar refractivity (Wildman–Crippen MR) is 125 cm³/mol. The molecule has 3 heterocycles. The van der Waals surface area contributed by atoms with Crippen molar-refractivity contribution in [3.05, 3.63) is 63.6 Å². The molecule has 5 nitrogen and oxygen atoms in total. The second kappa shape index (κ2) is 9.03. The lowest BCUT2D eigenvalue weighted by Gasteiger charge is -2.27. The van der Waals surface area contributed by atoms with Gasteiger partial charge in [-0.2, -0.15) is 12.6 Å². The molecule has 152 valence electrons. The number of fused-ring (bicyclic) bond motifs is 2. The van der Waals surface area contributed by atoms with Crippen molar-refractivity contribution in [2.75, 3.05) is 32.4 Å². The van der Waals surface area contributed by atoms with Gasteiger partial charge in [-0.25, -0.2) is 0 Å². The number of aryl methyl sites for hydroxylation is 1. The molecule has 1 fully saturated rings. The zero-order valence-electron chi connectivity index (χ0n) is 16.8. The highest BCUT2D eigenvalue weighted by atomic mass is 32.1. The standard InChI is InChI=1S/C22H24N4O.CH4S/c27-22-18(12-16-3-1-2-4-19(16)25-22)21-13-17-11-15(5-6-20(17)24-21)14-26-9-7-23-8-10-26;1-2/h2,4-6,11-13,23-24H,1,3,7-10,14H2,(H,25,27);2H,1H3. The first-order valence-electron chi connectivity index (χ1n) is 10.2. The van der Waals surface area contributed by atoms with Gasteiger partial charge in [-0.3, -0.25) is 9.69 Å². The molecule has 0 amide bonds. The summed E-state index contributed by atoms with van der Waals surface area (Å²) in [6.07, 6.45) is 7.82. The Balaban J connectivity index is 0.000000994. The molecular weight excluding hydrogens is 380 g/mol. The molecule has 0 saturated carbocycles. The zero-order chi connectivity index (χ0) is 20.2. The SMILES string of the molecule is CS.O=c1[nH]c2c(cc1-c1cc3cc(CN4CCNCC4)ccc3[nH]1)CCC=C2. The van der Waals surface area contributed by atoms with Crippen LogP contribution in [0, 0.1) is 0 Å². The Labute approximate surface area is 176 Å². The number of piperazine rings is 1. The van der Waals surface area contributed by atoms with Crippen LogP contribution in [0.25, 0.3) is 28.2 Å². The summed E-state index contributed by atoms with van der Waals surface area (Å²) in [5.41, 5.74) is 6.14. The molecule has 1 saturated heterocycles. The highest BCUT2D eigenvalue weighted by Gasteiger charge is 2.14. The van der Waals surface area contributed by atoms with E-state index in [1.165, 1.54) is 11.1 Å². The van der Waals surface area contributed by atoms with E-state index in [4.69, 9.17) is 0 Å². The summed E-state index contributed by atoms with van der Waals surface area (Å²) in [6.45, 7) is 5.29. The molecule has 6 heteroatoms. The minimum absolute atomic E-state index is 0.0344. The van der Waals surface area contributed by atoms with Crippen molar-refractivity contribution in [3.63, 3.8) is 0 Å². The molecule has 3 N–H and O–H groups in total. The average molecular weight is 409 g/mol. The van der Waals surface area contributed by atoms with Crippen LogP contribution in [0.2, 0.25) is 0 Å². The lowest BCUT2D eigenvalue weighted by molar-refractivity contribution is 0.233. The molecule has 0 unspecified atom stereocenters. The van der Waals surface area contributed by atoms with Gasteiger partial charge in [0.25, 0.3) is 5.56 Å². The highest BCUT2D eigenvalue weighted by Crippen LogP contribution is 2.26. The van der Waals surface area contributed by atoms with Crippen LogP contribution in [0.3, 0.4) is 0 Å². The molecule has 1 aromatic carbocycles. The molecule has 0 radical (unpaired) electrons. The Kier molecular flexibility index (Phi) is 6.23. The Morgan fingerprint density at radius 1 is 1.07 bits per heavy atom. The Hall–Kier alpha value is -2.28. The number of benzene rings is 1. The van der Waals surface area contributed by atoms with E-state index in [1.54, 1.807) is 6.26 Å². The molecule has 0 atom stereocenters. The van der Waals surface area contributed by atoms with Gasteiger partial charge in [0.05, 0.1) is 11.3 Å². The number of aromatic nitrogens is 2. The summed E-state index contributed by atoms with van der Waals surface area (Å²) in [6, 6.07) is 10.7. The largest absolute Gasteiger partial charge is 0.354 e. The van der Waals surface area contributed by atoms with E-state index in [9.17, 15) is 4.79 Å². The molecule has 2 aliphatic rings. The van der Waals surface area contributed by atoms with Gasteiger partial charge in [0, 0.05) is 49.3 Å². The topological polar surface area (TPSA) is 63.9 Å². The predicted octanol–water partition coefficient (Wildman–Crippen LogP) is 3.43. The summed E-state index contributed by atoms with van der Waals surface area (Å²) in [4.78, 5) is 21.5. The van der Waals surface area contributed by atoms with Crippen molar-refractivity contribution in [1.82, 2.24) is 20.2 Å². The van der Waals surface area contributed by atoms with E-state index >= 15 is 0 Å². The van der Waals surface area contributed by atoms with Crippen LogP contribution in [0.15, 0.2) is 41.2 Å². The molecule has 2 aromatic heterocycles. The van der Waals surface area contributed by atoms with Crippen LogP contribution in [0.1, 0.15) is 23.2 Å². The quantitative estimate of drug-likeness (QED) is 0.502. The first-order chi connectivity index (χ1) is 14.3. The molecule has 29 heavy (non-hydrogen) atoms. The number of thiol groups is 1. The van der Waals surface area contributed by atoms with Crippen molar-refractivity contribution < 1.29 is 0 Å². The molecule has 1 aliphatic heterocycles. The maximum absolute atomic E-state index is 12.6. The number of nitrogens with one attached hydrogen (secondary N) is 3. The first kappa shape index (κ1) is 20.0. The van der Waals surface area contributed by atoms with E-state index in [0.717, 1.165) is 73.4 Å². The number of rotatable bonds is 3. The Bertz CT molecular complexity index is 1080. The molecule has 3 aromatic rings. The summed E-state index contributed by atoms with van der Waals surface area (Å²) in [7, 11) is 0. The number of allylic oxidation sites excluding steroid dienone is 1. The second-order valence-electron chi connectivity index (χ2n) is 7.52. The second-order valence-corrected chi connectivity index (χ2v) is 7.52. The Morgan fingerprint density at radius 2 is 1.90 bits per heavy atom. The van der Waals surface area contributed by atoms with Gasteiger partial charge in [0.15, 0.2) is 0 Å². The van der Waals surface area contributed by atoms with Crippen LogP contribution in [0.5, 0.6) is 0 Å². The fourth-order valence-electron chi connectivity index (χ4n) is 4.14. The maximum atomic E-state index is 12.6. The van der Waals surface area contributed by atoms with Gasteiger partial charge in [-0.1, -0.05) is 12.1 Å². The number of hydrogen-bond donors (Lipinski definition) is 4. The third kappa shape index (κ3) is 4.34. The minimum Gasteiger partial charge on any atom is -0.354 e. The van der Waals surface area contributed by atoms with Gasteiger partial charge >= 0.3 is 0 Å². The number of aromatic amines is 2. The zero-order valence-corrected chi connectivity index (χ0v) is 17.7. The van der Waals surface area contributed by atoms with Crippen LogP contribution < -0.4 is 10.9 Å². The smallest absolute Gasteiger partial charge is 0.257 e. The van der Waals surface area contributed by atoms with Crippen LogP contribution in [-0.4, -0.2) is 47.3 Å². The van der Waals surface area contributed by atoms with Crippen LogP contribution in [-0.2, 0) is 13.0 Å². The lowest BCUT2D eigenvalue weighted by atomic mass is 9.99. The van der Waals surface area contributed by atoms with Crippen LogP contribution in [0.4, 0.5) is 0 Å². The van der Waals surface area contributed by atoms with Crippen molar-refractivity contribution in [2.45, 2.75) is 19.4 Å². The van der Waals surface area contributed by atoms with E-state index in [2.05, 4.69) is 63.2 Å². The average Bonchev–Trinajstić information content (AvgIpc) is 3.18. The van der Waals surface area contributed by atoms with Crippen molar-refractivity contribution >= 4 is 29.6 Å². The normalized spacial score (nSPS) is 16.3. The third-order valence-corrected chi connectivity index (χ3v) is 5.61. The van der Waals surface area contributed by atoms with E-state index in [-0.39, 0.29) is 5.56 Å². The molecule has 0 spiro atoms. The fraction of sp³-hybridized carbons (Fsp3) is 0.348. The molecule has 5 rings (SSSR count). The molecule has 0 bridgehead atoms. The van der Waals surface area contributed by atoms with Crippen molar-refractivity contribution in [3.8, 4) is 11.3 Å². The summed E-state index contributed by atoms with van der Waals surface area (Å²) >= 11 is 3.53. The number of nitrogens with zero attached hydrogens (tertiary/aromatic N) is 1. The lowest BCUT2D eigenvalue weighted by Crippen LogP contribution is -2.42. The van der Waals surface area contributed by atoms with Gasteiger partial charge < -0.3 is 15.3 Å². The minimum atomic E-state index is -0.0344.